The quantitative estimate of drug-likeness (QED) is 0.655. The van der Waals surface area contributed by atoms with Gasteiger partial charge in [-0.3, -0.25) is 0 Å². The summed E-state index contributed by atoms with van der Waals surface area (Å²) in [6.07, 6.45) is 3.78. The van der Waals surface area contributed by atoms with Crippen LogP contribution < -0.4 is 0 Å². The standard InChI is InChI=1S/C19H18N2S/c1-13-17-7-2-3-8-18(17)21-19(20-13)12-22-16-10-9-14-5-4-6-15(14)11-16/h2-3,7-11H,4-6,12H2,1H3. The summed E-state index contributed by atoms with van der Waals surface area (Å²) >= 11 is 1.83. The molecule has 22 heavy (non-hydrogen) atoms. The SMILES string of the molecule is Cc1nc(CSc2ccc3c(c2)CCC3)nc2ccccc12. The normalized spacial score (nSPS) is 13.5. The van der Waals surface area contributed by atoms with Crippen LogP contribution in [0.2, 0.25) is 0 Å². The lowest BCUT2D eigenvalue weighted by Crippen LogP contribution is -1.96. The van der Waals surface area contributed by atoms with Crippen LogP contribution in [-0.4, -0.2) is 9.97 Å². The molecule has 0 radical (unpaired) electrons. The second-order valence-corrected chi connectivity index (χ2v) is 6.86. The Bertz CT molecular complexity index is 842. The zero-order chi connectivity index (χ0) is 14.9. The number of aryl methyl sites for hydroxylation is 3. The number of fused-ring (bicyclic) bond motifs is 2. The van der Waals surface area contributed by atoms with Gasteiger partial charge in [-0.1, -0.05) is 24.3 Å². The lowest BCUT2D eigenvalue weighted by Gasteiger charge is -2.07. The molecule has 2 aromatic carbocycles. The van der Waals surface area contributed by atoms with Gasteiger partial charge in [0.25, 0.3) is 0 Å². The van der Waals surface area contributed by atoms with Crippen LogP contribution in [0.4, 0.5) is 0 Å². The van der Waals surface area contributed by atoms with E-state index in [0.717, 1.165) is 28.2 Å². The second kappa shape index (κ2) is 5.73. The molecule has 110 valence electrons. The minimum Gasteiger partial charge on any atom is -0.237 e. The minimum atomic E-state index is 0.824. The van der Waals surface area contributed by atoms with Gasteiger partial charge in [-0.2, -0.15) is 0 Å². The summed E-state index contributed by atoms with van der Waals surface area (Å²) in [5, 5.41) is 1.15. The Morgan fingerprint density at radius 2 is 1.86 bits per heavy atom. The maximum Gasteiger partial charge on any atom is 0.139 e. The lowest BCUT2D eigenvalue weighted by atomic mass is 10.1. The molecule has 0 unspecified atom stereocenters. The van der Waals surface area contributed by atoms with Crippen LogP contribution in [-0.2, 0) is 18.6 Å². The van der Waals surface area contributed by atoms with Crippen LogP contribution in [0.25, 0.3) is 10.9 Å². The predicted molar refractivity (Wildman–Crippen MR) is 92.3 cm³/mol. The zero-order valence-corrected chi connectivity index (χ0v) is 13.5. The van der Waals surface area contributed by atoms with Crippen molar-refractivity contribution in [3.8, 4) is 0 Å². The number of nitrogens with zero attached hydrogens (tertiary/aromatic N) is 2. The van der Waals surface area contributed by atoms with E-state index >= 15 is 0 Å². The molecule has 1 aliphatic carbocycles. The zero-order valence-electron chi connectivity index (χ0n) is 12.7. The number of thioether (sulfide) groups is 1. The van der Waals surface area contributed by atoms with Gasteiger partial charge in [-0.25, -0.2) is 9.97 Å². The van der Waals surface area contributed by atoms with Gasteiger partial charge in [-0.15, -0.1) is 11.8 Å². The summed E-state index contributed by atoms with van der Waals surface area (Å²) in [5.41, 5.74) is 5.16. The first-order chi connectivity index (χ1) is 10.8. The van der Waals surface area contributed by atoms with Gasteiger partial charge in [0.2, 0.25) is 0 Å². The Labute approximate surface area is 135 Å². The molecule has 3 heteroatoms. The number of benzene rings is 2. The molecule has 2 nitrogen and oxygen atoms in total. The molecule has 0 aliphatic heterocycles. The molecule has 0 saturated carbocycles. The average molecular weight is 306 g/mol. The van der Waals surface area contributed by atoms with Crippen molar-refractivity contribution < 1.29 is 0 Å². The number of para-hydroxylation sites is 1. The third-order valence-electron chi connectivity index (χ3n) is 4.28. The van der Waals surface area contributed by atoms with Crippen molar-refractivity contribution in [2.24, 2.45) is 0 Å². The van der Waals surface area contributed by atoms with E-state index in [-0.39, 0.29) is 0 Å². The van der Waals surface area contributed by atoms with E-state index < -0.39 is 0 Å². The summed E-state index contributed by atoms with van der Waals surface area (Å²) in [5.74, 6) is 1.74. The summed E-state index contributed by atoms with van der Waals surface area (Å²) in [4.78, 5) is 10.7. The van der Waals surface area contributed by atoms with E-state index in [1.165, 1.54) is 35.3 Å². The Balaban J connectivity index is 1.56. The first kappa shape index (κ1) is 13.8. The van der Waals surface area contributed by atoms with Crippen molar-refractivity contribution in [1.29, 1.82) is 0 Å². The molecule has 3 aromatic rings. The van der Waals surface area contributed by atoms with Crippen LogP contribution in [0.1, 0.15) is 29.1 Å². The lowest BCUT2D eigenvalue weighted by molar-refractivity contribution is 0.911. The first-order valence-corrected chi connectivity index (χ1v) is 8.75. The smallest absolute Gasteiger partial charge is 0.139 e. The molecule has 0 bridgehead atoms. The fourth-order valence-corrected chi connectivity index (χ4v) is 3.96. The highest BCUT2D eigenvalue weighted by Crippen LogP contribution is 2.29. The average Bonchev–Trinajstić information content (AvgIpc) is 3.00. The Hall–Kier alpha value is -1.87. The van der Waals surface area contributed by atoms with E-state index in [9.17, 15) is 0 Å². The maximum absolute atomic E-state index is 4.69. The van der Waals surface area contributed by atoms with Crippen molar-refractivity contribution in [3.63, 3.8) is 0 Å². The van der Waals surface area contributed by atoms with Crippen LogP contribution in [0.5, 0.6) is 0 Å². The summed E-state index contributed by atoms with van der Waals surface area (Å²) < 4.78 is 0. The summed E-state index contributed by atoms with van der Waals surface area (Å²) in [7, 11) is 0. The Kier molecular flexibility index (Phi) is 3.59. The van der Waals surface area contributed by atoms with Gasteiger partial charge in [0.05, 0.1) is 11.3 Å². The third-order valence-corrected chi connectivity index (χ3v) is 5.27. The molecule has 0 amide bonds. The molecule has 0 spiro atoms. The van der Waals surface area contributed by atoms with Crippen LogP contribution in [0.15, 0.2) is 47.4 Å². The number of aromatic nitrogens is 2. The van der Waals surface area contributed by atoms with E-state index in [1.54, 1.807) is 0 Å². The summed E-state index contributed by atoms with van der Waals surface area (Å²) in [6, 6.07) is 15.1. The Morgan fingerprint density at radius 1 is 1.00 bits per heavy atom. The fourth-order valence-electron chi connectivity index (χ4n) is 3.15. The highest BCUT2D eigenvalue weighted by atomic mass is 32.2. The molecule has 4 rings (SSSR count). The Morgan fingerprint density at radius 3 is 2.82 bits per heavy atom. The van der Waals surface area contributed by atoms with Crippen molar-refractivity contribution in [3.05, 3.63) is 65.1 Å². The van der Waals surface area contributed by atoms with E-state index in [1.807, 2.05) is 23.9 Å². The van der Waals surface area contributed by atoms with Crippen LogP contribution in [0, 0.1) is 6.92 Å². The van der Waals surface area contributed by atoms with E-state index in [0.29, 0.717) is 0 Å². The van der Waals surface area contributed by atoms with Gasteiger partial charge < -0.3 is 0 Å². The van der Waals surface area contributed by atoms with Gasteiger partial charge in [-0.05, 0) is 55.5 Å². The van der Waals surface area contributed by atoms with Crippen molar-refractivity contribution in [2.45, 2.75) is 36.8 Å². The first-order valence-electron chi connectivity index (χ1n) is 7.76. The number of hydrogen-bond donors (Lipinski definition) is 0. The highest BCUT2D eigenvalue weighted by Gasteiger charge is 2.11. The minimum absolute atomic E-state index is 0.824. The molecule has 0 saturated heterocycles. The van der Waals surface area contributed by atoms with Crippen molar-refractivity contribution in [2.75, 3.05) is 0 Å². The van der Waals surface area contributed by atoms with Gasteiger partial charge >= 0.3 is 0 Å². The molecule has 1 heterocycles. The molecule has 0 fully saturated rings. The highest BCUT2D eigenvalue weighted by molar-refractivity contribution is 7.98. The van der Waals surface area contributed by atoms with Crippen molar-refractivity contribution >= 4 is 22.7 Å². The molecule has 1 aliphatic rings. The molecular weight excluding hydrogens is 288 g/mol. The monoisotopic (exact) mass is 306 g/mol. The maximum atomic E-state index is 4.69. The topological polar surface area (TPSA) is 25.8 Å². The van der Waals surface area contributed by atoms with Gasteiger partial charge in [0.15, 0.2) is 0 Å². The molecule has 0 N–H and O–H groups in total. The molecule has 1 aromatic heterocycles. The second-order valence-electron chi connectivity index (χ2n) is 5.82. The van der Waals surface area contributed by atoms with E-state index in [4.69, 9.17) is 4.98 Å². The van der Waals surface area contributed by atoms with Crippen LogP contribution in [0.3, 0.4) is 0 Å². The molecule has 0 atom stereocenters. The number of hydrogen-bond acceptors (Lipinski definition) is 3. The van der Waals surface area contributed by atoms with Crippen LogP contribution >= 0.6 is 11.8 Å². The van der Waals surface area contributed by atoms with E-state index in [2.05, 4.69) is 42.2 Å². The van der Waals surface area contributed by atoms with Gasteiger partial charge in [0.1, 0.15) is 5.82 Å². The number of rotatable bonds is 3. The fraction of sp³-hybridized carbons (Fsp3) is 0.263. The third kappa shape index (κ3) is 2.61. The largest absolute Gasteiger partial charge is 0.237 e. The predicted octanol–water partition coefficient (Wildman–Crippen LogP) is 4.72. The van der Waals surface area contributed by atoms with Gasteiger partial charge in [0, 0.05) is 16.0 Å². The molecular formula is C19H18N2S. The van der Waals surface area contributed by atoms with Crippen molar-refractivity contribution in [1.82, 2.24) is 9.97 Å². The summed E-state index contributed by atoms with van der Waals surface area (Å²) in [6.45, 7) is 2.06.